The van der Waals surface area contributed by atoms with Crippen LogP contribution < -0.4 is 0 Å². The van der Waals surface area contributed by atoms with Crippen molar-refractivity contribution in [3.8, 4) is 0 Å². The molecule has 480 valence electrons. The molecule has 0 aromatic rings. The molecule has 2 saturated heterocycles. The molecule has 23 nitrogen and oxygen atoms in total. The van der Waals surface area contributed by atoms with Gasteiger partial charge in [-0.15, -0.1) is 0 Å². The molecule has 2 heterocycles. The lowest BCUT2D eigenvalue weighted by molar-refractivity contribution is -0.360. The Hall–Kier alpha value is -2.07. The van der Waals surface area contributed by atoms with E-state index in [1.54, 1.807) is 6.08 Å². The normalized spacial score (nSPS) is 31.3. The second-order valence-electron chi connectivity index (χ2n) is 22.6. The van der Waals surface area contributed by atoms with Crippen molar-refractivity contribution >= 4 is 19.8 Å². The third-order valence-electron chi connectivity index (χ3n) is 15.5. The number of hydrogen-bond acceptors (Lipinski definition) is 22. The van der Waals surface area contributed by atoms with Crippen LogP contribution in [0, 0.1) is 5.92 Å². The van der Waals surface area contributed by atoms with Crippen LogP contribution in [0.3, 0.4) is 0 Å². The second kappa shape index (κ2) is 41.9. The maximum absolute atomic E-state index is 14.0. The lowest BCUT2D eigenvalue weighted by Gasteiger charge is -2.49. The summed E-state index contributed by atoms with van der Waals surface area (Å²) in [4.78, 5) is 37.5. The Kier molecular flexibility index (Phi) is 37.9. The lowest BCUT2D eigenvalue weighted by atomic mass is 9.84. The molecule has 3 rings (SSSR count). The lowest BCUT2D eigenvalue weighted by Crippen LogP contribution is -2.69. The molecular formula is C58H105O23P. The van der Waals surface area contributed by atoms with Gasteiger partial charge in [-0.05, 0) is 25.2 Å². The van der Waals surface area contributed by atoms with Crippen LogP contribution in [0.25, 0.3) is 0 Å². The van der Waals surface area contributed by atoms with E-state index in [9.17, 15) is 75.2 Å². The summed E-state index contributed by atoms with van der Waals surface area (Å²) in [6, 6.07) is 0. The summed E-state index contributed by atoms with van der Waals surface area (Å²) in [5.74, 6) is -0.902. The first-order chi connectivity index (χ1) is 39.3. The number of aliphatic hydroxyl groups is 11. The van der Waals surface area contributed by atoms with Gasteiger partial charge < -0.3 is 89.5 Å². The van der Waals surface area contributed by atoms with Crippen LogP contribution >= 0.6 is 7.82 Å². The van der Waals surface area contributed by atoms with Crippen molar-refractivity contribution in [1.82, 2.24) is 0 Å². The Morgan fingerprint density at radius 3 is 1.41 bits per heavy atom. The van der Waals surface area contributed by atoms with Crippen molar-refractivity contribution in [3.63, 3.8) is 0 Å². The first kappa shape index (κ1) is 74.2. The van der Waals surface area contributed by atoms with Gasteiger partial charge in [0.1, 0.15) is 92.1 Å². The Labute approximate surface area is 485 Å². The summed E-state index contributed by atoms with van der Waals surface area (Å²) >= 11 is 0. The zero-order chi connectivity index (χ0) is 60.5. The number of ether oxygens (including phenoxy) is 6. The smallest absolute Gasteiger partial charge is 0.458 e. The molecule has 0 spiro atoms. The van der Waals surface area contributed by atoms with Crippen molar-refractivity contribution in [1.29, 1.82) is 0 Å². The first-order valence-corrected chi connectivity index (χ1v) is 32.1. The number of rotatable bonds is 44. The quantitative estimate of drug-likeness (QED) is 0.0129. The Morgan fingerprint density at radius 1 is 0.524 bits per heavy atom. The van der Waals surface area contributed by atoms with Gasteiger partial charge in [-0.25, -0.2) is 9.36 Å². The standard InChI is InChI=1S/C58H105O23P/c1-4-6-8-10-12-13-14-15-16-17-18-19-20-25-29-33-43(61)74-37-40(76-44(62)34-30-26-22-21-24-28-32-39(3)31-27-23-11-9-7-5-2)38-75-82(72,73)81-56-54(79-57-52(70)47(65)45(63)41(35-59)77-57)50(68)49(67)51(69)55(56)80-58-53(71)48(66)46(64)42(36-60)78-58/h20,25,29,33,39-42,45-60,63-71H,4-19,21-24,26-28,30-32,34-38H2,1-3H3,(H,72,73)/b25-20+,33-29+. The van der Waals surface area contributed by atoms with Crippen molar-refractivity contribution in [2.75, 3.05) is 26.4 Å². The highest BCUT2D eigenvalue weighted by Gasteiger charge is 2.58. The molecule has 0 amide bonds. The number of hydrogen-bond donors (Lipinski definition) is 12. The predicted octanol–water partition coefficient (Wildman–Crippen LogP) is 4.73. The van der Waals surface area contributed by atoms with E-state index in [2.05, 4.69) is 20.8 Å². The summed E-state index contributed by atoms with van der Waals surface area (Å²) < 4.78 is 58.0. The Morgan fingerprint density at radius 2 is 0.951 bits per heavy atom. The van der Waals surface area contributed by atoms with Gasteiger partial charge in [0.25, 0.3) is 0 Å². The monoisotopic (exact) mass is 1200 g/mol. The van der Waals surface area contributed by atoms with E-state index in [0.29, 0.717) is 12.3 Å². The zero-order valence-corrected chi connectivity index (χ0v) is 49.8. The molecule has 0 radical (unpaired) electrons. The van der Waals surface area contributed by atoms with E-state index in [1.165, 1.54) is 109 Å². The fourth-order valence-electron chi connectivity index (χ4n) is 10.3. The van der Waals surface area contributed by atoms with Gasteiger partial charge >= 0.3 is 19.8 Å². The number of esters is 2. The number of unbranched alkanes of at least 4 members (excludes halogenated alkanes) is 21. The van der Waals surface area contributed by atoms with E-state index in [4.69, 9.17) is 37.5 Å². The Balaban J connectivity index is 1.72. The second-order valence-corrected chi connectivity index (χ2v) is 24.0. The van der Waals surface area contributed by atoms with E-state index < -0.39 is 150 Å². The molecule has 0 bridgehead atoms. The van der Waals surface area contributed by atoms with E-state index in [0.717, 1.165) is 63.9 Å². The van der Waals surface area contributed by atoms with Crippen molar-refractivity contribution in [2.24, 2.45) is 5.92 Å². The van der Waals surface area contributed by atoms with E-state index >= 15 is 0 Å². The molecule has 3 aliphatic rings. The molecule has 0 aromatic carbocycles. The highest BCUT2D eigenvalue weighted by molar-refractivity contribution is 7.47. The highest BCUT2D eigenvalue weighted by atomic mass is 31.2. The average Bonchev–Trinajstić information content (AvgIpc) is 3.62. The number of phosphoric ester groups is 1. The zero-order valence-electron chi connectivity index (χ0n) is 48.9. The van der Waals surface area contributed by atoms with Crippen LogP contribution in [0.15, 0.2) is 24.3 Å². The summed E-state index contributed by atoms with van der Waals surface area (Å²) in [6.07, 6.45) is 0.839. The van der Waals surface area contributed by atoms with Crippen molar-refractivity contribution < 1.29 is 113 Å². The fraction of sp³-hybridized carbons (Fsp3) is 0.897. The molecule has 12 N–H and O–H groups in total. The number of phosphoric acid groups is 1. The third-order valence-corrected chi connectivity index (χ3v) is 16.5. The van der Waals surface area contributed by atoms with Gasteiger partial charge in [-0.1, -0.05) is 187 Å². The number of carbonyl (C=O) groups is 2. The summed E-state index contributed by atoms with van der Waals surface area (Å²) in [5, 5.41) is 117. The van der Waals surface area contributed by atoms with E-state index in [-0.39, 0.29) is 6.42 Å². The van der Waals surface area contributed by atoms with Gasteiger partial charge in [0, 0.05) is 12.5 Å². The van der Waals surface area contributed by atoms with Crippen LogP contribution in [0.2, 0.25) is 0 Å². The van der Waals surface area contributed by atoms with Crippen molar-refractivity contribution in [2.45, 2.75) is 298 Å². The largest absolute Gasteiger partial charge is 0.472 e. The average molecular weight is 1200 g/mol. The topological polar surface area (TPSA) is 368 Å². The van der Waals surface area contributed by atoms with Gasteiger partial charge in [-0.2, -0.15) is 0 Å². The minimum Gasteiger partial charge on any atom is -0.458 e. The van der Waals surface area contributed by atoms with Gasteiger partial charge in [0.05, 0.1) is 19.8 Å². The number of aliphatic hydroxyl groups excluding tert-OH is 11. The van der Waals surface area contributed by atoms with Crippen LogP contribution in [-0.2, 0) is 51.6 Å². The highest BCUT2D eigenvalue weighted by Crippen LogP contribution is 2.49. The summed E-state index contributed by atoms with van der Waals surface area (Å²) in [5.41, 5.74) is 0. The minimum atomic E-state index is -5.66. The fourth-order valence-corrected chi connectivity index (χ4v) is 11.3. The van der Waals surface area contributed by atoms with Crippen LogP contribution in [-0.4, -0.2) is 204 Å². The molecule has 3 fully saturated rings. The molecular weight excluding hydrogens is 1100 g/mol. The van der Waals surface area contributed by atoms with E-state index in [1.807, 2.05) is 6.08 Å². The first-order valence-electron chi connectivity index (χ1n) is 30.6. The van der Waals surface area contributed by atoms with Crippen LogP contribution in [0.5, 0.6) is 0 Å². The molecule has 17 atom stereocenters. The third kappa shape index (κ3) is 27.3. The molecule has 17 unspecified atom stereocenters. The summed E-state index contributed by atoms with van der Waals surface area (Å²) in [6.45, 7) is 3.21. The molecule has 1 saturated carbocycles. The van der Waals surface area contributed by atoms with Gasteiger partial charge in [0.2, 0.25) is 0 Å². The van der Waals surface area contributed by atoms with Crippen molar-refractivity contribution in [3.05, 3.63) is 24.3 Å². The maximum Gasteiger partial charge on any atom is 0.472 e. The molecule has 1 aliphatic carbocycles. The van der Waals surface area contributed by atoms with Crippen LogP contribution in [0.4, 0.5) is 0 Å². The number of allylic oxidation sites excluding steroid dienone is 3. The predicted molar refractivity (Wildman–Crippen MR) is 300 cm³/mol. The molecule has 24 heteroatoms. The van der Waals surface area contributed by atoms with Gasteiger partial charge in [-0.3, -0.25) is 13.8 Å². The molecule has 2 aliphatic heterocycles. The maximum atomic E-state index is 14.0. The molecule has 82 heavy (non-hydrogen) atoms. The summed E-state index contributed by atoms with van der Waals surface area (Å²) in [7, 11) is -5.66. The Bertz CT molecular complexity index is 1740. The number of carbonyl (C=O) groups excluding carboxylic acids is 2. The van der Waals surface area contributed by atoms with Crippen LogP contribution in [0.1, 0.15) is 194 Å². The van der Waals surface area contributed by atoms with Gasteiger partial charge in [0.15, 0.2) is 18.7 Å². The molecule has 0 aromatic heterocycles. The minimum absolute atomic E-state index is 0.0506. The SMILES string of the molecule is CCCCCCCCCCCCC/C=C/C=C/C(=O)OCC(COP(=O)(O)OC1C(OC2OC(CO)C(O)C(O)C2O)C(O)C(O)C(O)C1OC1OC(CO)C(O)C(O)C1O)OC(=O)CCCCCCCCC(C)CCCCCCCC.